The number of hydrogen-bond acceptors (Lipinski definition) is 2. The first-order valence-electron chi connectivity index (χ1n) is 3.57. The molecule has 11 heavy (non-hydrogen) atoms. The molecule has 0 saturated carbocycles. The third-order valence-electron chi connectivity index (χ3n) is 2.08. The Morgan fingerprint density at radius 2 is 1.91 bits per heavy atom. The van der Waals surface area contributed by atoms with Crippen molar-refractivity contribution in [2.75, 3.05) is 12.8 Å². The van der Waals surface area contributed by atoms with Gasteiger partial charge in [-0.05, 0) is 20.3 Å². The Labute approximate surface area is 67.8 Å². The highest BCUT2D eigenvalue weighted by Crippen LogP contribution is 2.23. The molecule has 0 aliphatic carbocycles. The van der Waals surface area contributed by atoms with E-state index in [1.165, 1.54) is 16.1 Å². The Morgan fingerprint density at radius 3 is 2.09 bits per heavy atom. The molecular formula is C7H13NO2S. The van der Waals surface area contributed by atoms with Crippen molar-refractivity contribution >= 4 is 10.0 Å². The zero-order valence-corrected chi connectivity index (χ0v) is 7.90. The van der Waals surface area contributed by atoms with Crippen LogP contribution in [0.1, 0.15) is 20.3 Å². The molecule has 3 nitrogen and oxygen atoms in total. The molecule has 0 radical (unpaired) electrons. The van der Waals surface area contributed by atoms with E-state index in [1.54, 1.807) is 0 Å². The topological polar surface area (TPSA) is 37.4 Å². The van der Waals surface area contributed by atoms with E-state index < -0.39 is 10.0 Å². The summed E-state index contributed by atoms with van der Waals surface area (Å²) in [7, 11) is -3.01. The Hall–Kier alpha value is -0.510. The van der Waals surface area contributed by atoms with Crippen LogP contribution in [0.5, 0.6) is 0 Å². The quantitative estimate of drug-likeness (QED) is 0.595. The fraction of sp³-hybridized carbons (Fsp3) is 0.714. The molecule has 0 saturated heterocycles. The molecule has 0 spiro atoms. The van der Waals surface area contributed by atoms with Crippen molar-refractivity contribution in [2.45, 2.75) is 20.3 Å². The highest BCUT2D eigenvalue weighted by atomic mass is 32.2. The van der Waals surface area contributed by atoms with Gasteiger partial charge in [0.05, 0.1) is 6.26 Å². The molecule has 0 fully saturated rings. The smallest absolute Gasteiger partial charge is 0.231 e. The molecule has 4 heteroatoms. The zero-order chi connectivity index (χ0) is 8.65. The van der Waals surface area contributed by atoms with Crippen molar-refractivity contribution in [1.29, 1.82) is 0 Å². The maximum atomic E-state index is 11.1. The van der Waals surface area contributed by atoms with E-state index in [-0.39, 0.29) is 0 Å². The van der Waals surface area contributed by atoms with E-state index >= 15 is 0 Å². The summed E-state index contributed by atoms with van der Waals surface area (Å²) in [5.74, 6) is 0. The third-order valence-corrected chi connectivity index (χ3v) is 3.34. The average Bonchev–Trinajstić information content (AvgIpc) is 2.11. The van der Waals surface area contributed by atoms with Crippen LogP contribution < -0.4 is 0 Å². The second-order valence-electron chi connectivity index (χ2n) is 2.95. The molecule has 1 aliphatic heterocycles. The van der Waals surface area contributed by atoms with Gasteiger partial charge in [0.1, 0.15) is 0 Å². The molecule has 0 aromatic heterocycles. The summed E-state index contributed by atoms with van der Waals surface area (Å²) in [5, 5.41) is 0. The summed E-state index contributed by atoms with van der Waals surface area (Å²) in [6.07, 6.45) is 2.12. The minimum absolute atomic E-state index is 0.622. The maximum Gasteiger partial charge on any atom is 0.231 e. The number of nitrogens with zero attached hydrogens (tertiary/aromatic N) is 1. The van der Waals surface area contributed by atoms with Gasteiger partial charge < -0.3 is 0 Å². The highest BCUT2D eigenvalue weighted by molar-refractivity contribution is 7.88. The van der Waals surface area contributed by atoms with Gasteiger partial charge in [0.15, 0.2) is 0 Å². The number of sulfonamides is 1. The summed E-state index contributed by atoms with van der Waals surface area (Å²) < 4.78 is 23.6. The summed E-state index contributed by atoms with van der Waals surface area (Å²) >= 11 is 0. The lowest BCUT2D eigenvalue weighted by Gasteiger charge is -2.16. The molecule has 1 aliphatic rings. The fourth-order valence-corrected chi connectivity index (χ4v) is 2.32. The summed E-state index contributed by atoms with van der Waals surface area (Å²) in [6, 6.07) is 0. The Kier molecular flexibility index (Phi) is 1.96. The molecular weight excluding hydrogens is 162 g/mol. The highest BCUT2D eigenvalue weighted by Gasteiger charge is 2.23. The number of allylic oxidation sites excluding steroid dienone is 1. The summed E-state index contributed by atoms with van der Waals surface area (Å²) in [6.45, 7) is 4.44. The predicted octanol–water partition coefficient (Wildman–Crippen LogP) is 0.946. The Bertz CT molecular complexity index is 290. The van der Waals surface area contributed by atoms with Gasteiger partial charge in [0.2, 0.25) is 10.0 Å². The van der Waals surface area contributed by atoms with Gasteiger partial charge in [-0.15, -0.1) is 0 Å². The van der Waals surface area contributed by atoms with Gasteiger partial charge in [0, 0.05) is 12.2 Å². The van der Waals surface area contributed by atoms with Crippen molar-refractivity contribution in [1.82, 2.24) is 4.31 Å². The minimum Gasteiger partial charge on any atom is -0.274 e. The SMILES string of the molecule is CC1=C(C)N(S(C)(=O)=O)CC1. The van der Waals surface area contributed by atoms with Gasteiger partial charge in [0.25, 0.3) is 0 Å². The molecule has 0 amide bonds. The first-order valence-corrected chi connectivity index (χ1v) is 5.42. The van der Waals surface area contributed by atoms with Crippen molar-refractivity contribution in [3.05, 3.63) is 11.3 Å². The molecule has 1 heterocycles. The van der Waals surface area contributed by atoms with Crippen molar-refractivity contribution < 1.29 is 8.42 Å². The van der Waals surface area contributed by atoms with E-state index in [0.717, 1.165) is 12.1 Å². The van der Waals surface area contributed by atoms with Crippen molar-refractivity contribution in [3.8, 4) is 0 Å². The first kappa shape index (κ1) is 8.59. The lowest BCUT2D eigenvalue weighted by molar-refractivity contribution is 0.506. The van der Waals surface area contributed by atoms with Crippen LogP contribution in [0.3, 0.4) is 0 Å². The Morgan fingerprint density at radius 1 is 1.36 bits per heavy atom. The standard InChI is InChI=1S/C7H13NO2S/c1-6-4-5-8(7(6)2)11(3,9)10/h4-5H2,1-3H3. The second kappa shape index (κ2) is 2.52. The molecule has 0 aromatic rings. The zero-order valence-electron chi connectivity index (χ0n) is 7.09. The van der Waals surface area contributed by atoms with Gasteiger partial charge in [-0.25, -0.2) is 8.42 Å². The van der Waals surface area contributed by atoms with Crippen LogP contribution >= 0.6 is 0 Å². The van der Waals surface area contributed by atoms with E-state index in [4.69, 9.17) is 0 Å². The predicted molar refractivity (Wildman–Crippen MR) is 44.5 cm³/mol. The average molecular weight is 175 g/mol. The molecule has 0 N–H and O–H groups in total. The fourth-order valence-electron chi connectivity index (χ4n) is 1.25. The molecule has 0 bridgehead atoms. The van der Waals surface area contributed by atoms with Gasteiger partial charge in [-0.1, -0.05) is 5.57 Å². The second-order valence-corrected chi connectivity index (χ2v) is 4.86. The van der Waals surface area contributed by atoms with E-state index in [2.05, 4.69) is 0 Å². The Balaban J connectivity index is 2.98. The summed E-state index contributed by atoms with van der Waals surface area (Å²) in [5.41, 5.74) is 2.07. The molecule has 0 atom stereocenters. The molecule has 64 valence electrons. The molecule has 0 unspecified atom stereocenters. The van der Waals surface area contributed by atoms with Crippen LogP contribution in [0.4, 0.5) is 0 Å². The number of rotatable bonds is 1. The van der Waals surface area contributed by atoms with E-state index in [0.29, 0.717) is 6.54 Å². The monoisotopic (exact) mass is 175 g/mol. The van der Waals surface area contributed by atoms with Crippen LogP contribution in [0, 0.1) is 0 Å². The van der Waals surface area contributed by atoms with Crippen LogP contribution in [-0.2, 0) is 10.0 Å². The first-order chi connectivity index (χ1) is 4.93. The van der Waals surface area contributed by atoms with Gasteiger partial charge in [-0.3, -0.25) is 4.31 Å². The van der Waals surface area contributed by atoms with Gasteiger partial charge in [-0.2, -0.15) is 0 Å². The van der Waals surface area contributed by atoms with Crippen LogP contribution in [0.25, 0.3) is 0 Å². The van der Waals surface area contributed by atoms with Crippen molar-refractivity contribution in [3.63, 3.8) is 0 Å². The van der Waals surface area contributed by atoms with Gasteiger partial charge >= 0.3 is 0 Å². The van der Waals surface area contributed by atoms with Crippen LogP contribution in [0.2, 0.25) is 0 Å². The van der Waals surface area contributed by atoms with E-state index in [1.807, 2.05) is 13.8 Å². The van der Waals surface area contributed by atoms with Crippen molar-refractivity contribution in [2.24, 2.45) is 0 Å². The molecule has 0 aromatic carbocycles. The van der Waals surface area contributed by atoms with E-state index in [9.17, 15) is 8.42 Å². The minimum atomic E-state index is -3.01. The lowest BCUT2D eigenvalue weighted by Crippen LogP contribution is -2.25. The number of hydrogen-bond donors (Lipinski definition) is 0. The third kappa shape index (κ3) is 1.56. The normalized spacial score (nSPS) is 19.7. The lowest BCUT2D eigenvalue weighted by atomic mass is 10.2. The van der Waals surface area contributed by atoms with Crippen LogP contribution in [0.15, 0.2) is 11.3 Å². The molecule has 1 rings (SSSR count). The van der Waals surface area contributed by atoms with Crippen LogP contribution in [-0.4, -0.2) is 25.5 Å². The maximum absolute atomic E-state index is 11.1. The summed E-state index contributed by atoms with van der Waals surface area (Å²) in [4.78, 5) is 0. The largest absolute Gasteiger partial charge is 0.274 e.